The van der Waals surface area contributed by atoms with Gasteiger partial charge < -0.3 is 20.1 Å². The zero-order chi connectivity index (χ0) is 20.0. The van der Waals surface area contributed by atoms with E-state index in [0.29, 0.717) is 29.9 Å². The second-order valence-corrected chi connectivity index (χ2v) is 7.15. The molecule has 0 saturated heterocycles. The molecule has 2 aromatic carbocycles. The molecule has 0 fully saturated rings. The minimum atomic E-state index is -0.230. The number of methoxy groups -OCH3 is 2. The summed E-state index contributed by atoms with van der Waals surface area (Å²) in [6.45, 7) is 8.90. The van der Waals surface area contributed by atoms with Crippen molar-refractivity contribution in [1.82, 2.24) is 5.32 Å². The first kappa shape index (κ1) is 20.6. The van der Waals surface area contributed by atoms with Crippen molar-refractivity contribution in [3.05, 3.63) is 53.1 Å². The summed E-state index contributed by atoms with van der Waals surface area (Å²) in [6, 6.07) is 11.5. The Hall–Kier alpha value is -2.69. The van der Waals surface area contributed by atoms with Gasteiger partial charge in [0.1, 0.15) is 11.5 Å². The minimum absolute atomic E-state index is 0.230. The fourth-order valence-corrected chi connectivity index (χ4v) is 3.00. The van der Waals surface area contributed by atoms with Gasteiger partial charge in [-0.05, 0) is 40.7 Å². The Kier molecular flexibility index (Phi) is 7.11. The molecular formula is C22H30N2O3. The van der Waals surface area contributed by atoms with Crippen LogP contribution in [0.5, 0.6) is 11.5 Å². The summed E-state index contributed by atoms with van der Waals surface area (Å²) >= 11 is 0. The Morgan fingerprint density at radius 2 is 1.44 bits per heavy atom. The van der Waals surface area contributed by atoms with Crippen LogP contribution in [0.1, 0.15) is 56.2 Å². The van der Waals surface area contributed by atoms with E-state index in [1.54, 1.807) is 20.3 Å². The Morgan fingerprint density at radius 1 is 0.926 bits per heavy atom. The van der Waals surface area contributed by atoms with E-state index >= 15 is 0 Å². The first-order chi connectivity index (χ1) is 12.8. The van der Waals surface area contributed by atoms with E-state index in [4.69, 9.17) is 9.47 Å². The van der Waals surface area contributed by atoms with Crippen LogP contribution in [0.2, 0.25) is 0 Å². The summed E-state index contributed by atoms with van der Waals surface area (Å²) in [4.78, 5) is 12.6. The number of urea groups is 1. The molecule has 0 atom stereocenters. The lowest BCUT2D eigenvalue weighted by Gasteiger charge is -2.20. The van der Waals surface area contributed by atoms with E-state index in [2.05, 4.69) is 56.5 Å². The normalized spacial score (nSPS) is 10.8. The Labute approximate surface area is 162 Å². The van der Waals surface area contributed by atoms with Gasteiger partial charge in [0.15, 0.2) is 0 Å². The molecule has 0 unspecified atom stereocenters. The Morgan fingerprint density at radius 3 is 1.89 bits per heavy atom. The topological polar surface area (TPSA) is 59.6 Å². The lowest BCUT2D eigenvalue weighted by molar-refractivity contribution is 0.251. The average molecular weight is 370 g/mol. The van der Waals surface area contributed by atoms with Crippen LogP contribution >= 0.6 is 0 Å². The molecule has 2 N–H and O–H groups in total. The highest BCUT2D eigenvalue weighted by molar-refractivity contribution is 5.91. The van der Waals surface area contributed by atoms with Crippen molar-refractivity contribution in [1.29, 1.82) is 0 Å². The van der Waals surface area contributed by atoms with Crippen molar-refractivity contribution in [2.45, 2.75) is 46.1 Å². The average Bonchev–Trinajstić information content (AvgIpc) is 2.65. The van der Waals surface area contributed by atoms with Crippen molar-refractivity contribution < 1.29 is 14.3 Å². The highest BCUT2D eigenvalue weighted by atomic mass is 16.5. The second kappa shape index (κ2) is 9.31. The third-order valence-corrected chi connectivity index (χ3v) is 4.48. The summed E-state index contributed by atoms with van der Waals surface area (Å²) < 4.78 is 10.6. The molecule has 0 spiro atoms. The second-order valence-electron chi connectivity index (χ2n) is 7.15. The van der Waals surface area contributed by atoms with Crippen LogP contribution in [0.25, 0.3) is 0 Å². The molecule has 146 valence electrons. The fraction of sp³-hybridized carbons (Fsp3) is 0.409. The lowest BCUT2D eigenvalue weighted by Crippen LogP contribution is -2.29. The van der Waals surface area contributed by atoms with Gasteiger partial charge in [-0.25, -0.2) is 4.79 Å². The van der Waals surface area contributed by atoms with Crippen LogP contribution in [0.15, 0.2) is 36.4 Å². The van der Waals surface area contributed by atoms with E-state index in [9.17, 15) is 4.79 Å². The van der Waals surface area contributed by atoms with Crippen molar-refractivity contribution in [2.24, 2.45) is 0 Å². The van der Waals surface area contributed by atoms with Crippen molar-refractivity contribution in [2.75, 3.05) is 19.5 Å². The number of rotatable bonds is 7. The number of carbonyl (C=O) groups is 1. The molecule has 2 aromatic rings. The summed E-state index contributed by atoms with van der Waals surface area (Å²) in [6.07, 6.45) is 0. The van der Waals surface area contributed by atoms with E-state index < -0.39 is 0 Å². The summed E-state index contributed by atoms with van der Waals surface area (Å²) in [7, 11) is 3.21. The molecule has 0 aliphatic carbocycles. The van der Waals surface area contributed by atoms with Crippen molar-refractivity contribution in [3.63, 3.8) is 0 Å². The van der Waals surface area contributed by atoms with Gasteiger partial charge in [0.05, 0.1) is 14.2 Å². The third-order valence-electron chi connectivity index (χ3n) is 4.48. The largest absolute Gasteiger partial charge is 0.497 e. The molecule has 5 heteroatoms. The minimum Gasteiger partial charge on any atom is -0.497 e. The van der Waals surface area contributed by atoms with Crippen LogP contribution in [0.4, 0.5) is 10.5 Å². The van der Waals surface area contributed by atoms with Crippen molar-refractivity contribution >= 4 is 11.7 Å². The summed E-state index contributed by atoms with van der Waals surface area (Å²) in [5.41, 5.74) is 4.09. The highest BCUT2D eigenvalue weighted by Crippen LogP contribution is 2.32. The molecule has 0 bridgehead atoms. The number of carbonyl (C=O) groups excluding carboxylic acids is 1. The van der Waals surface area contributed by atoms with Crippen LogP contribution in [-0.2, 0) is 6.54 Å². The van der Waals surface area contributed by atoms with Crippen LogP contribution < -0.4 is 20.1 Å². The summed E-state index contributed by atoms with van der Waals surface area (Å²) in [5.74, 6) is 2.03. The quantitative estimate of drug-likeness (QED) is 0.698. The van der Waals surface area contributed by atoms with Crippen LogP contribution in [0, 0.1) is 0 Å². The number of hydrogen-bond donors (Lipinski definition) is 2. The zero-order valence-electron chi connectivity index (χ0n) is 17.1. The van der Waals surface area contributed by atoms with Gasteiger partial charge in [0.2, 0.25) is 0 Å². The first-order valence-corrected chi connectivity index (χ1v) is 9.25. The number of nitrogens with one attached hydrogen (secondary N) is 2. The number of hydrogen-bond acceptors (Lipinski definition) is 3. The van der Waals surface area contributed by atoms with E-state index in [0.717, 1.165) is 22.4 Å². The van der Waals surface area contributed by atoms with Gasteiger partial charge in [-0.1, -0.05) is 45.9 Å². The van der Waals surface area contributed by atoms with Gasteiger partial charge in [-0.15, -0.1) is 0 Å². The standard InChI is InChI=1S/C22H30N2O3/c1-14(2)19-8-7-9-20(15(3)4)21(19)24-22(25)23-13-16-10-17(26-5)12-18(11-16)27-6/h7-12,14-15H,13H2,1-6H3,(H2,23,24,25). The monoisotopic (exact) mass is 370 g/mol. The smallest absolute Gasteiger partial charge is 0.319 e. The summed E-state index contributed by atoms with van der Waals surface area (Å²) in [5, 5.41) is 5.98. The van der Waals surface area contributed by atoms with E-state index in [1.165, 1.54) is 0 Å². The predicted molar refractivity (Wildman–Crippen MR) is 110 cm³/mol. The molecule has 0 heterocycles. The molecule has 27 heavy (non-hydrogen) atoms. The Balaban J connectivity index is 2.15. The molecule has 2 amide bonds. The number of benzene rings is 2. The molecule has 0 aliphatic rings. The zero-order valence-corrected chi connectivity index (χ0v) is 17.1. The van der Waals surface area contributed by atoms with E-state index in [1.807, 2.05) is 12.1 Å². The number of amides is 2. The number of ether oxygens (including phenoxy) is 2. The molecular weight excluding hydrogens is 340 g/mol. The molecule has 0 aliphatic heterocycles. The number of para-hydroxylation sites is 1. The van der Waals surface area contributed by atoms with Crippen LogP contribution in [-0.4, -0.2) is 20.3 Å². The maximum atomic E-state index is 12.6. The van der Waals surface area contributed by atoms with Gasteiger partial charge in [-0.3, -0.25) is 0 Å². The molecule has 2 rings (SSSR count). The van der Waals surface area contributed by atoms with Crippen molar-refractivity contribution in [3.8, 4) is 11.5 Å². The van der Waals surface area contributed by atoms with Gasteiger partial charge >= 0.3 is 6.03 Å². The van der Waals surface area contributed by atoms with Gasteiger partial charge in [-0.2, -0.15) is 0 Å². The molecule has 5 nitrogen and oxygen atoms in total. The third kappa shape index (κ3) is 5.39. The maximum absolute atomic E-state index is 12.6. The SMILES string of the molecule is COc1cc(CNC(=O)Nc2c(C(C)C)cccc2C(C)C)cc(OC)c1. The lowest BCUT2D eigenvalue weighted by atomic mass is 9.93. The van der Waals surface area contributed by atoms with Crippen LogP contribution in [0.3, 0.4) is 0 Å². The van der Waals surface area contributed by atoms with Gasteiger partial charge in [0.25, 0.3) is 0 Å². The molecule has 0 radical (unpaired) electrons. The van der Waals surface area contributed by atoms with E-state index in [-0.39, 0.29) is 6.03 Å². The molecule has 0 saturated carbocycles. The molecule has 0 aromatic heterocycles. The predicted octanol–water partition coefficient (Wildman–Crippen LogP) is 5.27. The highest BCUT2D eigenvalue weighted by Gasteiger charge is 2.16. The maximum Gasteiger partial charge on any atom is 0.319 e. The van der Waals surface area contributed by atoms with Gasteiger partial charge in [0, 0.05) is 18.3 Å². The first-order valence-electron chi connectivity index (χ1n) is 9.25. The Bertz CT molecular complexity index is 737. The fourth-order valence-electron chi connectivity index (χ4n) is 3.00. The number of anilines is 1.